The van der Waals surface area contributed by atoms with E-state index in [0.717, 1.165) is 17.3 Å². The molecule has 3 nitrogen and oxygen atoms in total. The van der Waals surface area contributed by atoms with Crippen molar-refractivity contribution in [2.45, 2.75) is 42.9 Å². The molecule has 112 valence electrons. The smallest absolute Gasteiger partial charge is 0.183 e. The molecule has 1 aliphatic rings. The Kier molecular flexibility index (Phi) is 4.92. The maximum Gasteiger partial charge on any atom is 0.183 e. The van der Waals surface area contributed by atoms with Gasteiger partial charge < -0.3 is 5.32 Å². The van der Waals surface area contributed by atoms with E-state index in [0.29, 0.717) is 10.8 Å². The number of rotatable bonds is 3. The van der Waals surface area contributed by atoms with Crippen LogP contribution in [0.15, 0.2) is 33.6 Å². The number of hydrogen-bond donors (Lipinski definition) is 1. The summed E-state index contributed by atoms with van der Waals surface area (Å²) in [5, 5.41) is 2.87. The van der Waals surface area contributed by atoms with Crippen molar-refractivity contribution < 1.29 is 8.42 Å². The van der Waals surface area contributed by atoms with Gasteiger partial charge in [-0.25, -0.2) is 8.42 Å². The van der Waals surface area contributed by atoms with Gasteiger partial charge in [0, 0.05) is 10.5 Å². The molecule has 2 rings (SSSR count). The van der Waals surface area contributed by atoms with Crippen LogP contribution in [0, 0.1) is 11.8 Å². The molecule has 0 aliphatic heterocycles. The molecule has 0 heterocycles. The molecule has 1 fully saturated rings. The normalized spacial score (nSPS) is 31.2. The number of halogens is 1. The maximum absolute atomic E-state index is 12.9. The van der Waals surface area contributed by atoms with E-state index in [1.807, 2.05) is 7.05 Å². The molecular formula is C15H22BrNO2S. The van der Waals surface area contributed by atoms with E-state index < -0.39 is 9.84 Å². The molecule has 0 amide bonds. The van der Waals surface area contributed by atoms with Gasteiger partial charge in [0.25, 0.3) is 0 Å². The molecule has 1 N–H and O–H groups in total. The summed E-state index contributed by atoms with van der Waals surface area (Å²) in [4.78, 5) is 0.423. The van der Waals surface area contributed by atoms with E-state index in [2.05, 4.69) is 35.1 Å². The quantitative estimate of drug-likeness (QED) is 0.900. The Labute approximate surface area is 130 Å². The number of benzene rings is 1. The summed E-state index contributed by atoms with van der Waals surface area (Å²) in [5.74, 6) is 0.740. The zero-order chi connectivity index (χ0) is 14.9. The first-order valence-corrected chi connectivity index (χ1v) is 9.37. The van der Waals surface area contributed by atoms with Gasteiger partial charge >= 0.3 is 0 Å². The van der Waals surface area contributed by atoms with Crippen molar-refractivity contribution in [3.8, 4) is 0 Å². The highest BCUT2D eigenvalue weighted by molar-refractivity contribution is 9.10. The topological polar surface area (TPSA) is 46.2 Å². The Morgan fingerprint density at radius 2 is 1.75 bits per heavy atom. The molecule has 0 radical (unpaired) electrons. The van der Waals surface area contributed by atoms with Gasteiger partial charge in [0.15, 0.2) is 9.84 Å². The fourth-order valence-corrected chi connectivity index (χ4v) is 5.91. The second-order valence-corrected chi connectivity index (χ2v) is 8.93. The van der Waals surface area contributed by atoms with Gasteiger partial charge in [-0.1, -0.05) is 29.8 Å². The summed E-state index contributed by atoms with van der Waals surface area (Å²) in [6.45, 7) is 4.25. The van der Waals surface area contributed by atoms with Crippen LogP contribution >= 0.6 is 15.9 Å². The summed E-state index contributed by atoms with van der Waals surface area (Å²) in [6.07, 6.45) is 1.89. The SMILES string of the molecule is CNC1CC(C)CC(C)C1S(=O)(=O)c1ccc(Br)cc1. The van der Waals surface area contributed by atoms with E-state index in [1.54, 1.807) is 24.3 Å². The molecule has 5 heteroatoms. The second kappa shape index (κ2) is 6.16. The molecular weight excluding hydrogens is 338 g/mol. The first-order chi connectivity index (χ1) is 9.36. The van der Waals surface area contributed by atoms with Crippen LogP contribution in [-0.4, -0.2) is 26.8 Å². The van der Waals surface area contributed by atoms with E-state index in [4.69, 9.17) is 0 Å². The van der Waals surface area contributed by atoms with Crippen LogP contribution in [0.25, 0.3) is 0 Å². The van der Waals surface area contributed by atoms with Crippen LogP contribution in [0.5, 0.6) is 0 Å². The van der Waals surface area contributed by atoms with Crippen LogP contribution in [-0.2, 0) is 9.84 Å². The predicted octanol–water partition coefficient (Wildman–Crippen LogP) is 3.25. The Morgan fingerprint density at radius 3 is 2.30 bits per heavy atom. The molecule has 0 spiro atoms. The number of hydrogen-bond acceptors (Lipinski definition) is 3. The standard InChI is InChI=1S/C15H22BrNO2S/c1-10-8-11(2)15(14(9-10)17-3)20(18,19)13-6-4-12(16)5-7-13/h4-7,10-11,14-15,17H,8-9H2,1-3H3. The minimum atomic E-state index is -3.30. The summed E-state index contributed by atoms with van der Waals surface area (Å²) in [7, 11) is -1.44. The second-order valence-electron chi connectivity index (χ2n) is 5.91. The van der Waals surface area contributed by atoms with Crippen molar-refractivity contribution in [2.24, 2.45) is 11.8 Å². The molecule has 1 saturated carbocycles. The minimum absolute atomic E-state index is 0.0300. The highest BCUT2D eigenvalue weighted by atomic mass is 79.9. The van der Waals surface area contributed by atoms with E-state index in [-0.39, 0.29) is 17.2 Å². The third kappa shape index (κ3) is 3.10. The maximum atomic E-state index is 12.9. The van der Waals surface area contributed by atoms with Crippen molar-refractivity contribution in [1.82, 2.24) is 5.32 Å². The van der Waals surface area contributed by atoms with Crippen LogP contribution in [0.1, 0.15) is 26.7 Å². The lowest BCUT2D eigenvalue weighted by molar-refractivity contribution is 0.249. The van der Waals surface area contributed by atoms with Gasteiger partial charge in [-0.2, -0.15) is 0 Å². The van der Waals surface area contributed by atoms with Crippen LogP contribution < -0.4 is 5.32 Å². The zero-order valence-corrected chi connectivity index (χ0v) is 14.5. The van der Waals surface area contributed by atoms with Gasteiger partial charge in [0.1, 0.15) is 0 Å². The monoisotopic (exact) mass is 359 g/mol. The third-order valence-corrected chi connectivity index (χ3v) is 7.23. The largest absolute Gasteiger partial charge is 0.316 e. The first kappa shape index (κ1) is 16.0. The average molecular weight is 360 g/mol. The lowest BCUT2D eigenvalue weighted by Gasteiger charge is -2.39. The molecule has 0 aromatic heterocycles. The minimum Gasteiger partial charge on any atom is -0.316 e. The molecule has 4 atom stereocenters. The highest BCUT2D eigenvalue weighted by Gasteiger charge is 2.42. The predicted molar refractivity (Wildman–Crippen MR) is 85.5 cm³/mol. The zero-order valence-electron chi connectivity index (χ0n) is 12.1. The van der Waals surface area contributed by atoms with Crippen molar-refractivity contribution in [3.63, 3.8) is 0 Å². The van der Waals surface area contributed by atoms with Gasteiger partial charge in [-0.3, -0.25) is 0 Å². The summed E-state index contributed by atoms with van der Waals surface area (Å²) < 4.78 is 26.8. The van der Waals surface area contributed by atoms with Crippen molar-refractivity contribution >= 4 is 25.8 Å². The Morgan fingerprint density at radius 1 is 1.15 bits per heavy atom. The van der Waals surface area contributed by atoms with Crippen molar-refractivity contribution in [1.29, 1.82) is 0 Å². The van der Waals surface area contributed by atoms with Gasteiger partial charge in [-0.15, -0.1) is 0 Å². The van der Waals surface area contributed by atoms with Gasteiger partial charge in [0.05, 0.1) is 10.1 Å². The number of sulfone groups is 1. The lowest BCUT2D eigenvalue weighted by atomic mass is 9.80. The fraction of sp³-hybridized carbons (Fsp3) is 0.600. The van der Waals surface area contributed by atoms with Gasteiger partial charge in [-0.05, 0) is 56.0 Å². The van der Waals surface area contributed by atoms with Gasteiger partial charge in [0.2, 0.25) is 0 Å². The average Bonchev–Trinajstić information content (AvgIpc) is 2.37. The van der Waals surface area contributed by atoms with Crippen LogP contribution in [0.4, 0.5) is 0 Å². The molecule has 1 aromatic carbocycles. The Hall–Kier alpha value is -0.390. The molecule has 4 unspecified atom stereocenters. The highest BCUT2D eigenvalue weighted by Crippen LogP contribution is 2.36. The number of nitrogens with one attached hydrogen (secondary N) is 1. The van der Waals surface area contributed by atoms with Crippen molar-refractivity contribution in [3.05, 3.63) is 28.7 Å². The molecule has 0 bridgehead atoms. The summed E-state index contributed by atoms with van der Waals surface area (Å²) >= 11 is 3.35. The summed E-state index contributed by atoms with van der Waals surface area (Å²) in [5.41, 5.74) is 0. The van der Waals surface area contributed by atoms with Crippen LogP contribution in [0.3, 0.4) is 0 Å². The molecule has 20 heavy (non-hydrogen) atoms. The molecule has 1 aliphatic carbocycles. The first-order valence-electron chi connectivity index (χ1n) is 7.03. The Bertz CT molecular complexity index is 556. The summed E-state index contributed by atoms with van der Waals surface area (Å²) in [6, 6.07) is 6.99. The fourth-order valence-electron chi connectivity index (χ4n) is 3.41. The van der Waals surface area contributed by atoms with Crippen LogP contribution in [0.2, 0.25) is 0 Å². The Balaban J connectivity index is 2.38. The third-order valence-electron chi connectivity index (χ3n) is 4.26. The molecule has 1 aromatic rings. The van der Waals surface area contributed by atoms with Crippen molar-refractivity contribution in [2.75, 3.05) is 7.05 Å². The van der Waals surface area contributed by atoms with E-state index in [9.17, 15) is 8.42 Å². The van der Waals surface area contributed by atoms with E-state index >= 15 is 0 Å². The lowest BCUT2D eigenvalue weighted by Crippen LogP contribution is -2.50. The molecule has 0 saturated heterocycles. The van der Waals surface area contributed by atoms with E-state index in [1.165, 1.54) is 0 Å².